The molecule has 7 amide bonds. The molecule has 0 aliphatic rings. The maximum absolute atomic E-state index is 13.1. The predicted molar refractivity (Wildman–Crippen MR) is 185 cm³/mol. The number of carbonyl (C=O) groups excluding carboxylic acids is 7. The number of unbranched alkanes of at least 4 members (excludes halogenated alkanes) is 1. The van der Waals surface area contributed by atoms with Crippen molar-refractivity contribution in [2.24, 2.45) is 23.1 Å². The lowest BCUT2D eigenvalue weighted by Crippen LogP contribution is -2.61. The van der Waals surface area contributed by atoms with Crippen molar-refractivity contribution < 1.29 is 53.7 Å². The van der Waals surface area contributed by atoms with Gasteiger partial charge in [0.2, 0.25) is 41.4 Å². The lowest BCUT2D eigenvalue weighted by Gasteiger charge is -2.27. The first-order valence-electron chi connectivity index (χ1n) is 15.7. The molecule has 20 nitrogen and oxygen atoms in total. The fourth-order valence-electron chi connectivity index (χ4n) is 4.12. The number of aliphatic hydroxyl groups excluding tert-OH is 2. The normalized spacial score (nSPS) is 15.2. The summed E-state index contributed by atoms with van der Waals surface area (Å²) in [4.78, 5) is 99.8. The number of thiol groups is 2. The van der Waals surface area contributed by atoms with E-state index in [-0.39, 0.29) is 30.8 Å². The third kappa shape index (κ3) is 16.8. The van der Waals surface area contributed by atoms with Crippen LogP contribution in [0.25, 0.3) is 0 Å². The summed E-state index contributed by atoms with van der Waals surface area (Å²) in [5.41, 5.74) is 16.1. The highest BCUT2D eigenvalue weighted by Gasteiger charge is 2.33. The molecule has 0 fully saturated rings. The number of nitrogens with two attached hydrogens (primary N) is 3. The molecule has 0 saturated carbocycles. The maximum atomic E-state index is 13.1. The van der Waals surface area contributed by atoms with E-state index in [0.29, 0.717) is 19.4 Å². The number of hydrogen-bond acceptors (Lipinski definition) is 14. The van der Waals surface area contributed by atoms with Gasteiger partial charge in [-0.1, -0.05) is 13.8 Å². The van der Waals surface area contributed by atoms with Crippen LogP contribution >= 0.6 is 25.3 Å². The van der Waals surface area contributed by atoms with E-state index in [9.17, 15) is 48.6 Å². The lowest BCUT2D eigenvalue weighted by atomic mass is 10.0. The number of amides is 7. The van der Waals surface area contributed by atoms with Crippen molar-refractivity contribution in [2.75, 3.05) is 31.3 Å². The second kappa shape index (κ2) is 24.4. The molecule has 22 heteroatoms. The average molecular weight is 754 g/mol. The lowest BCUT2D eigenvalue weighted by molar-refractivity contribution is -0.143. The van der Waals surface area contributed by atoms with Crippen LogP contribution < -0.4 is 49.1 Å². The highest BCUT2D eigenvalue weighted by molar-refractivity contribution is 7.80. The molecule has 0 aromatic carbocycles. The molecular weight excluding hydrogens is 702 g/mol. The summed E-state index contributed by atoms with van der Waals surface area (Å²) in [5, 5.41) is 42.4. The quantitative estimate of drug-likeness (QED) is 0.0306. The number of carboxylic acids is 1. The van der Waals surface area contributed by atoms with Gasteiger partial charge in [-0.15, -0.1) is 0 Å². The summed E-state index contributed by atoms with van der Waals surface area (Å²) >= 11 is 8.16. The largest absolute Gasteiger partial charge is 0.480 e. The fourth-order valence-corrected chi connectivity index (χ4v) is 4.63. The minimum absolute atomic E-state index is 0.0936. The Morgan fingerprint density at radius 3 is 1.52 bits per heavy atom. The average Bonchev–Trinajstić information content (AvgIpc) is 3.07. The van der Waals surface area contributed by atoms with Crippen LogP contribution in [0.5, 0.6) is 0 Å². The van der Waals surface area contributed by atoms with Crippen LogP contribution in [-0.2, 0) is 38.4 Å². The number of carboxylic acid groups (broad SMARTS) is 1. The molecular formula is C28H51N9O11S2. The Morgan fingerprint density at radius 2 is 1.08 bits per heavy atom. The first-order chi connectivity index (χ1) is 23.5. The molecule has 0 aliphatic carbocycles. The number of aliphatic hydroxyl groups is 2. The van der Waals surface area contributed by atoms with Gasteiger partial charge >= 0.3 is 5.97 Å². The van der Waals surface area contributed by atoms with E-state index in [0.717, 1.165) is 0 Å². The van der Waals surface area contributed by atoms with Gasteiger partial charge in [0.25, 0.3) is 0 Å². The smallest absolute Gasteiger partial charge is 0.326 e. The number of hydrogen-bond donors (Lipinski definition) is 14. The summed E-state index contributed by atoms with van der Waals surface area (Å²) in [6.07, 6.45) is 0.411. The number of primary amides is 1. The van der Waals surface area contributed by atoms with Crippen LogP contribution in [0.15, 0.2) is 0 Å². The van der Waals surface area contributed by atoms with Gasteiger partial charge in [-0.2, -0.15) is 25.3 Å². The highest BCUT2D eigenvalue weighted by atomic mass is 32.1. The van der Waals surface area contributed by atoms with Gasteiger partial charge in [-0.25, -0.2) is 4.79 Å². The number of nitrogens with one attached hydrogen (secondary N) is 6. The fraction of sp³-hybridized carbons (Fsp3) is 0.714. The van der Waals surface area contributed by atoms with E-state index in [4.69, 9.17) is 22.3 Å². The first-order valence-corrected chi connectivity index (χ1v) is 17.0. The molecule has 0 aromatic rings. The van der Waals surface area contributed by atoms with Crippen molar-refractivity contribution >= 4 is 72.6 Å². The Morgan fingerprint density at radius 1 is 0.620 bits per heavy atom. The standard InChI is InChI=1S/C28H51N9O11S2/c1-13(2)21(27(46)33-16(28(47)48)6-7-20(31)40)37-26(45)19(12-50)36-25(44)18(11-49)35-24(43)17(10-39)34-23(42)15(5-3-4-8-29)32-22(41)14(30)9-38/h13-19,21,38-39,49-50H,3-12,29-30H2,1-2H3,(H2,31,40)(H,32,41)(H,33,46)(H,34,42)(H,35,43)(H,36,44)(H,37,45)(H,47,48). The molecule has 0 rings (SSSR count). The van der Waals surface area contributed by atoms with Crippen molar-refractivity contribution in [3.63, 3.8) is 0 Å². The van der Waals surface area contributed by atoms with Crippen LogP contribution in [0.1, 0.15) is 46.0 Å². The Kier molecular flexibility index (Phi) is 22.6. The molecule has 0 aliphatic heterocycles. The third-order valence-electron chi connectivity index (χ3n) is 7.10. The molecule has 7 atom stereocenters. The Balaban J connectivity index is 5.62. The van der Waals surface area contributed by atoms with Crippen LogP contribution in [0.3, 0.4) is 0 Å². The van der Waals surface area contributed by atoms with E-state index in [2.05, 4.69) is 57.2 Å². The van der Waals surface area contributed by atoms with Gasteiger partial charge in [0.15, 0.2) is 0 Å². The summed E-state index contributed by atoms with van der Waals surface area (Å²) in [6, 6.07) is -9.60. The second-order valence-corrected chi connectivity index (χ2v) is 12.2. The van der Waals surface area contributed by atoms with E-state index in [1.54, 1.807) is 13.8 Å². The summed E-state index contributed by atoms with van der Waals surface area (Å²) in [7, 11) is 0. The zero-order chi connectivity index (χ0) is 38.6. The Bertz CT molecular complexity index is 1180. The Labute approximate surface area is 300 Å². The molecule has 7 unspecified atom stereocenters. The van der Waals surface area contributed by atoms with Gasteiger partial charge in [-0.05, 0) is 38.1 Å². The minimum Gasteiger partial charge on any atom is -0.480 e. The van der Waals surface area contributed by atoms with Crippen LogP contribution in [-0.4, -0.2) is 136 Å². The van der Waals surface area contributed by atoms with Crippen LogP contribution in [0.2, 0.25) is 0 Å². The van der Waals surface area contributed by atoms with Crippen molar-refractivity contribution in [1.29, 1.82) is 0 Å². The monoisotopic (exact) mass is 753 g/mol. The summed E-state index contributed by atoms with van der Waals surface area (Å²) in [6.45, 7) is 1.85. The van der Waals surface area contributed by atoms with Crippen molar-refractivity contribution in [2.45, 2.75) is 88.2 Å². The van der Waals surface area contributed by atoms with E-state index >= 15 is 0 Å². The molecule has 15 N–H and O–H groups in total. The van der Waals surface area contributed by atoms with Crippen molar-refractivity contribution in [3.05, 3.63) is 0 Å². The zero-order valence-corrected chi connectivity index (χ0v) is 29.7. The number of rotatable bonds is 25. The molecule has 0 aromatic heterocycles. The Hall–Kier alpha value is -3.70. The van der Waals surface area contributed by atoms with Gasteiger partial charge in [0.05, 0.1) is 13.2 Å². The minimum atomic E-state index is -1.59. The van der Waals surface area contributed by atoms with E-state index in [1.807, 2.05) is 0 Å². The van der Waals surface area contributed by atoms with E-state index in [1.165, 1.54) is 0 Å². The van der Waals surface area contributed by atoms with Gasteiger partial charge in [-0.3, -0.25) is 33.6 Å². The molecule has 0 heterocycles. The van der Waals surface area contributed by atoms with Crippen LogP contribution in [0, 0.1) is 5.92 Å². The molecule has 0 bridgehead atoms. The first kappa shape index (κ1) is 46.3. The third-order valence-corrected chi connectivity index (χ3v) is 7.83. The maximum Gasteiger partial charge on any atom is 0.326 e. The topological polar surface area (TPSA) is 347 Å². The molecule has 0 saturated heterocycles. The molecule has 286 valence electrons. The van der Waals surface area contributed by atoms with Crippen LogP contribution in [0.4, 0.5) is 0 Å². The molecule has 0 radical (unpaired) electrons. The number of aliphatic carboxylic acids is 1. The second-order valence-electron chi connectivity index (χ2n) is 11.5. The van der Waals surface area contributed by atoms with Gasteiger partial charge in [0.1, 0.15) is 42.3 Å². The van der Waals surface area contributed by atoms with Gasteiger partial charge in [0, 0.05) is 17.9 Å². The summed E-state index contributed by atoms with van der Waals surface area (Å²) in [5.74, 6) is -8.70. The zero-order valence-electron chi connectivity index (χ0n) is 27.9. The SMILES string of the molecule is CC(C)C(NC(=O)C(CS)NC(=O)C(CS)NC(=O)C(CO)NC(=O)C(CCCCN)NC(=O)C(N)CO)C(=O)NC(CCC(N)=O)C(=O)O. The number of carbonyl (C=O) groups is 8. The van der Waals surface area contributed by atoms with Gasteiger partial charge < -0.3 is 64.4 Å². The predicted octanol–water partition coefficient (Wildman–Crippen LogP) is -5.80. The van der Waals surface area contributed by atoms with Crippen molar-refractivity contribution in [3.8, 4) is 0 Å². The summed E-state index contributed by atoms with van der Waals surface area (Å²) < 4.78 is 0. The molecule has 50 heavy (non-hydrogen) atoms. The van der Waals surface area contributed by atoms with Crippen molar-refractivity contribution in [1.82, 2.24) is 31.9 Å². The highest BCUT2D eigenvalue weighted by Crippen LogP contribution is 2.07. The molecule has 0 spiro atoms. The van der Waals surface area contributed by atoms with E-state index < -0.39 is 109 Å².